The first kappa shape index (κ1) is 16.5. The minimum Gasteiger partial charge on any atom is -0.337 e. The van der Waals surface area contributed by atoms with Gasteiger partial charge in [-0.25, -0.2) is 14.8 Å². The van der Waals surface area contributed by atoms with Gasteiger partial charge in [0, 0.05) is 56.6 Å². The molecule has 1 aliphatic heterocycles. The average Bonchev–Trinajstić information content (AvgIpc) is 3.41. The maximum absolute atomic E-state index is 12.4. The summed E-state index contributed by atoms with van der Waals surface area (Å²) in [6.45, 7) is 11.5. The van der Waals surface area contributed by atoms with Crippen LogP contribution < -0.4 is 4.90 Å². The highest BCUT2D eigenvalue weighted by molar-refractivity contribution is 5.81. The van der Waals surface area contributed by atoms with Crippen molar-refractivity contribution in [2.75, 3.05) is 24.5 Å². The number of nitrogens with zero attached hydrogens (tertiary/aromatic N) is 7. The van der Waals surface area contributed by atoms with E-state index in [9.17, 15) is 4.79 Å². The molecule has 2 aromatic rings. The molecule has 2 fully saturated rings. The van der Waals surface area contributed by atoms with E-state index in [1.54, 1.807) is 17.1 Å². The van der Waals surface area contributed by atoms with Crippen LogP contribution in [0.4, 0.5) is 11.6 Å². The van der Waals surface area contributed by atoms with Gasteiger partial charge in [-0.05, 0) is 19.8 Å². The third-order valence-corrected chi connectivity index (χ3v) is 4.98. The van der Waals surface area contributed by atoms with Crippen LogP contribution in [-0.2, 0) is 11.8 Å². The topological polar surface area (TPSA) is 71.5 Å². The standard InChI is InChI=1S/C18H21N7O/c1-12-10-24(6-7-25(12)17(26)13-4-5-13)18-20-9-15(19-2)16(22-18)14-8-21-23(3)11-14/h8-9,11-13H,4-7,10H2,1,3H3/t12-/m1/s1. The lowest BCUT2D eigenvalue weighted by molar-refractivity contribution is -0.134. The fourth-order valence-corrected chi connectivity index (χ4v) is 3.39. The summed E-state index contributed by atoms with van der Waals surface area (Å²) in [5.41, 5.74) is 1.82. The van der Waals surface area contributed by atoms with E-state index in [-0.39, 0.29) is 17.9 Å². The SMILES string of the molecule is [C-]#[N+]c1cnc(N2CCN(C(=O)C3CC3)[C@H](C)C2)nc1-c1cnn(C)c1. The molecule has 26 heavy (non-hydrogen) atoms. The Morgan fingerprint density at radius 3 is 2.73 bits per heavy atom. The zero-order valence-corrected chi connectivity index (χ0v) is 15.0. The second-order valence-electron chi connectivity index (χ2n) is 7.02. The second-order valence-corrected chi connectivity index (χ2v) is 7.02. The first-order valence-electron chi connectivity index (χ1n) is 8.85. The monoisotopic (exact) mass is 351 g/mol. The van der Waals surface area contributed by atoms with Crippen molar-refractivity contribution in [2.24, 2.45) is 13.0 Å². The summed E-state index contributed by atoms with van der Waals surface area (Å²) >= 11 is 0. The first-order chi connectivity index (χ1) is 12.6. The molecule has 8 heteroatoms. The summed E-state index contributed by atoms with van der Waals surface area (Å²) in [6.07, 6.45) is 7.18. The normalized spacial score (nSPS) is 20.1. The lowest BCUT2D eigenvalue weighted by Gasteiger charge is -2.40. The Morgan fingerprint density at radius 1 is 1.31 bits per heavy atom. The van der Waals surface area contributed by atoms with Crippen molar-refractivity contribution in [3.8, 4) is 11.3 Å². The first-order valence-corrected chi connectivity index (χ1v) is 8.85. The minimum atomic E-state index is 0.128. The Labute approximate surface area is 152 Å². The molecule has 1 aliphatic carbocycles. The minimum absolute atomic E-state index is 0.128. The quantitative estimate of drug-likeness (QED) is 0.790. The van der Waals surface area contributed by atoms with Gasteiger partial charge in [0.25, 0.3) is 0 Å². The van der Waals surface area contributed by atoms with Crippen LogP contribution in [0.25, 0.3) is 16.1 Å². The predicted molar refractivity (Wildman–Crippen MR) is 96.6 cm³/mol. The molecule has 1 saturated heterocycles. The number of aryl methyl sites for hydroxylation is 1. The van der Waals surface area contributed by atoms with Gasteiger partial charge in [0.15, 0.2) is 0 Å². The van der Waals surface area contributed by atoms with Crippen molar-refractivity contribution >= 4 is 17.5 Å². The Hall–Kier alpha value is -2.95. The number of amides is 1. The highest BCUT2D eigenvalue weighted by atomic mass is 16.2. The molecule has 0 bridgehead atoms. The average molecular weight is 351 g/mol. The van der Waals surface area contributed by atoms with Gasteiger partial charge in [-0.3, -0.25) is 9.48 Å². The zero-order chi connectivity index (χ0) is 18.3. The van der Waals surface area contributed by atoms with Gasteiger partial charge >= 0.3 is 0 Å². The molecule has 2 aromatic heterocycles. The molecular formula is C18H21N7O. The maximum Gasteiger partial charge on any atom is 0.231 e. The van der Waals surface area contributed by atoms with E-state index in [2.05, 4.69) is 31.7 Å². The van der Waals surface area contributed by atoms with Crippen LogP contribution in [0.2, 0.25) is 0 Å². The molecule has 0 N–H and O–H groups in total. The van der Waals surface area contributed by atoms with Crippen LogP contribution in [0.15, 0.2) is 18.6 Å². The van der Waals surface area contributed by atoms with Gasteiger partial charge in [0.2, 0.25) is 17.5 Å². The lowest BCUT2D eigenvalue weighted by Crippen LogP contribution is -2.54. The van der Waals surface area contributed by atoms with Gasteiger partial charge in [-0.15, -0.1) is 0 Å². The van der Waals surface area contributed by atoms with Gasteiger partial charge in [0.1, 0.15) is 0 Å². The molecule has 4 rings (SSSR count). The Bertz CT molecular complexity index is 880. The van der Waals surface area contributed by atoms with Crippen molar-refractivity contribution in [3.05, 3.63) is 30.0 Å². The van der Waals surface area contributed by atoms with E-state index in [1.165, 1.54) is 0 Å². The van der Waals surface area contributed by atoms with E-state index in [1.807, 2.05) is 18.1 Å². The summed E-state index contributed by atoms with van der Waals surface area (Å²) in [4.78, 5) is 29.0. The molecule has 0 spiro atoms. The molecular weight excluding hydrogens is 330 g/mol. The molecule has 1 amide bonds. The number of hydrogen-bond acceptors (Lipinski definition) is 5. The van der Waals surface area contributed by atoms with Gasteiger partial charge < -0.3 is 9.80 Å². The number of rotatable bonds is 3. The summed E-state index contributed by atoms with van der Waals surface area (Å²) in [5, 5.41) is 4.17. The van der Waals surface area contributed by atoms with Crippen molar-refractivity contribution in [3.63, 3.8) is 0 Å². The molecule has 2 aliphatic rings. The highest BCUT2D eigenvalue weighted by Gasteiger charge is 2.37. The Balaban J connectivity index is 1.57. The number of carbonyl (C=O) groups is 1. The number of aromatic nitrogens is 4. The fourth-order valence-electron chi connectivity index (χ4n) is 3.39. The smallest absolute Gasteiger partial charge is 0.231 e. The Morgan fingerprint density at radius 2 is 2.12 bits per heavy atom. The van der Waals surface area contributed by atoms with Gasteiger partial charge in [-0.2, -0.15) is 5.10 Å². The van der Waals surface area contributed by atoms with E-state index >= 15 is 0 Å². The molecule has 0 radical (unpaired) electrons. The van der Waals surface area contributed by atoms with Crippen molar-refractivity contribution in [2.45, 2.75) is 25.8 Å². The van der Waals surface area contributed by atoms with Crippen LogP contribution in [-0.4, -0.2) is 56.2 Å². The van der Waals surface area contributed by atoms with Gasteiger partial charge in [-0.1, -0.05) is 0 Å². The van der Waals surface area contributed by atoms with E-state index in [0.717, 1.165) is 18.4 Å². The number of hydrogen-bond donors (Lipinski definition) is 0. The largest absolute Gasteiger partial charge is 0.337 e. The van der Waals surface area contributed by atoms with Crippen LogP contribution in [0.1, 0.15) is 19.8 Å². The molecule has 0 unspecified atom stereocenters. The summed E-state index contributed by atoms with van der Waals surface area (Å²) in [5.74, 6) is 1.13. The highest BCUT2D eigenvalue weighted by Crippen LogP contribution is 2.33. The summed E-state index contributed by atoms with van der Waals surface area (Å²) in [6, 6.07) is 0.128. The number of anilines is 1. The molecule has 134 valence electrons. The molecule has 1 atom stereocenters. The molecule has 8 nitrogen and oxygen atoms in total. The zero-order valence-electron chi connectivity index (χ0n) is 15.0. The van der Waals surface area contributed by atoms with E-state index in [0.29, 0.717) is 37.0 Å². The van der Waals surface area contributed by atoms with Crippen LogP contribution in [0.3, 0.4) is 0 Å². The number of piperazine rings is 1. The van der Waals surface area contributed by atoms with Crippen LogP contribution in [0.5, 0.6) is 0 Å². The number of carbonyl (C=O) groups excluding carboxylic acids is 1. The van der Waals surface area contributed by atoms with Gasteiger partial charge in [0.05, 0.1) is 18.5 Å². The van der Waals surface area contributed by atoms with E-state index in [4.69, 9.17) is 6.57 Å². The Kier molecular flexibility index (Phi) is 4.07. The van der Waals surface area contributed by atoms with Crippen molar-refractivity contribution in [1.82, 2.24) is 24.6 Å². The predicted octanol–water partition coefficient (Wildman–Crippen LogP) is 1.87. The third kappa shape index (κ3) is 3.01. The van der Waals surface area contributed by atoms with E-state index < -0.39 is 0 Å². The fraction of sp³-hybridized carbons (Fsp3) is 0.500. The van der Waals surface area contributed by atoms with Crippen molar-refractivity contribution in [1.29, 1.82) is 0 Å². The van der Waals surface area contributed by atoms with Crippen LogP contribution in [0, 0.1) is 12.5 Å². The lowest BCUT2D eigenvalue weighted by atomic mass is 10.1. The van der Waals surface area contributed by atoms with Crippen LogP contribution >= 0.6 is 0 Å². The molecule has 1 saturated carbocycles. The maximum atomic E-state index is 12.4. The third-order valence-electron chi connectivity index (χ3n) is 4.98. The molecule has 3 heterocycles. The second kappa shape index (κ2) is 6.41. The summed E-state index contributed by atoms with van der Waals surface area (Å²) in [7, 11) is 1.83. The molecule has 0 aromatic carbocycles. The van der Waals surface area contributed by atoms with Crippen molar-refractivity contribution < 1.29 is 4.79 Å². The summed E-state index contributed by atoms with van der Waals surface area (Å²) < 4.78 is 1.69.